The van der Waals surface area contributed by atoms with E-state index in [0.29, 0.717) is 53.3 Å². The third kappa shape index (κ3) is 11.6. The van der Waals surface area contributed by atoms with Crippen LogP contribution in [0.2, 0.25) is 0 Å². The summed E-state index contributed by atoms with van der Waals surface area (Å²) in [5, 5.41) is 4.48. The second-order valence-electron chi connectivity index (χ2n) is 27.1. The first-order chi connectivity index (χ1) is 44.7. The molecule has 0 bridgehead atoms. The second-order valence-corrected chi connectivity index (χ2v) is 27.1. The molecule has 1 radical (unpaired) electrons. The number of nitrogens with one attached hydrogen (secondary N) is 1. The molecule has 1 aliphatic heterocycles. The molecular weight excluding hydrogens is 1080 g/mol. The SMILES string of the molecule is [B]1NC(/C(=C\CC2C(c3ccccc3)CCCC2c2ccccc2)C2C(c3ccccc3)CCCC2c2ccccc2)=C(c2ccccc2)c2c(C3C(c4ccccc4)CCCC3c3ccccc3)cc(C3C(c4ccccc4)CCCC3c3ccccc3)n21. The Morgan fingerprint density at radius 3 is 1.02 bits per heavy atom. The fourth-order valence-corrected chi connectivity index (χ4v) is 18.7. The minimum Gasteiger partial charge on any atom is -0.411 e. The molecule has 1 N–H and O–H groups in total. The summed E-state index contributed by atoms with van der Waals surface area (Å²) in [5.74, 6) is 3.78. The van der Waals surface area contributed by atoms with Gasteiger partial charge in [-0.1, -0.05) is 305 Å². The van der Waals surface area contributed by atoms with Gasteiger partial charge in [-0.3, -0.25) is 0 Å². The molecule has 8 unspecified atom stereocenters. The molecule has 4 saturated carbocycles. The van der Waals surface area contributed by atoms with Gasteiger partial charge in [0.2, 0.25) is 0 Å². The molecule has 8 atom stereocenters. The molecular formula is C87H86BN2. The van der Waals surface area contributed by atoms with Crippen molar-refractivity contribution in [1.82, 2.24) is 9.71 Å². The van der Waals surface area contributed by atoms with Gasteiger partial charge < -0.3 is 9.71 Å². The normalized spacial score (nSPS) is 26.2. The van der Waals surface area contributed by atoms with Crippen LogP contribution in [-0.4, -0.2) is 12.0 Å². The maximum atomic E-state index is 4.48. The van der Waals surface area contributed by atoms with Crippen molar-refractivity contribution in [3.8, 4) is 0 Å². The number of rotatable bonds is 15. The predicted octanol–water partition coefficient (Wildman–Crippen LogP) is 22.0. The minimum atomic E-state index is 0.184. The molecule has 5 aliphatic rings. The molecule has 3 heteroatoms. The highest BCUT2D eigenvalue weighted by atomic mass is 15.0. The lowest BCUT2D eigenvalue weighted by atomic mass is 9.61. The number of nitrogens with zero attached hydrogens (tertiary/aromatic N) is 1. The van der Waals surface area contributed by atoms with Gasteiger partial charge in [-0.25, -0.2) is 0 Å². The predicted molar refractivity (Wildman–Crippen MR) is 375 cm³/mol. The molecule has 1 aromatic heterocycles. The highest BCUT2D eigenvalue weighted by molar-refractivity contribution is 6.34. The lowest BCUT2D eigenvalue weighted by Gasteiger charge is -2.44. The van der Waals surface area contributed by atoms with E-state index in [9.17, 15) is 0 Å². The topological polar surface area (TPSA) is 17.0 Å². The average Bonchev–Trinajstić information content (AvgIpc) is 1.55. The smallest absolute Gasteiger partial charge is 0.393 e. The molecule has 10 aromatic rings. The summed E-state index contributed by atoms with van der Waals surface area (Å²) in [7, 11) is 2.50. The molecule has 15 rings (SSSR count). The van der Waals surface area contributed by atoms with Crippen LogP contribution in [0.25, 0.3) is 5.57 Å². The Hall–Kier alpha value is -8.40. The summed E-state index contributed by atoms with van der Waals surface area (Å²) in [6.07, 6.45) is 18.0. The zero-order valence-electron chi connectivity index (χ0n) is 52.3. The fourth-order valence-electron chi connectivity index (χ4n) is 18.7. The van der Waals surface area contributed by atoms with Crippen LogP contribution in [0.5, 0.6) is 0 Å². The van der Waals surface area contributed by atoms with Crippen molar-refractivity contribution in [3.05, 3.63) is 363 Å². The van der Waals surface area contributed by atoms with E-state index in [4.69, 9.17) is 0 Å². The summed E-state index contributed by atoms with van der Waals surface area (Å²) in [5.41, 5.74) is 21.5. The molecule has 0 spiro atoms. The van der Waals surface area contributed by atoms with Crippen LogP contribution in [0.15, 0.2) is 296 Å². The maximum Gasteiger partial charge on any atom is 0.393 e. The number of hydrogen-bond acceptors (Lipinski definition) is 1. The van der Waals surface area contributed by atoms with Crippen molar-refractivity contribution < 1.29 is 0 Å². The third-order valence-corrected chi connectivity index (χ3v) is 22.5. The number of benzene rings is 9. The average molecular weight is 1170 g/mol. The third-order valence-electron chi connectivity index (χ3n) is 22.5. The first kappa shape index (κ1) is 58.0. The molecule has 4 aliphatic carbocycles. The van der Waals surface area contributed by atoms with E-state index in [1.54, 1.807) is 0 Å². The minimum absolute atomic E-state index is 0.184. The van der Waals surface area contributed by atoms with Crippen LogP contribution >= 0.6 is 0 Å². The summed E-state index contributed by atoms with van der Waals surface area (Å²) >= 11 is 0. The van der Waals surface area contributed by atoms with Crippen molar-refractivity contribution in [2.75, 3.05) is 0 Å². The Kier molecular flexibility index (Phi) is 17.4. The van der Waals surface area contributed by atoms with Crippen molar-refractivity contribution in [1.29, 1.82) is 0 Å². The first-order valence-electron chi connectivity index (χ1n) is 34.5. The van der Waals surface area contributed by atoms with Gasteiger partial charge in [-0.2, -0.15) is 0 Å². The van der Waals surface area contributed by atoms with Crippen LogP contribution in [0.4, 0.5) is 0 Å². The summed E-state index contributed by atoms with van der Waals surface area (Å²) < 4.78 is 2.77. The van der Waals surface area contributed by atoms with Gasteiger partial charge in [-0.15, -0.1) is 0 Å². The van der Waals surface area contributed by atoms with E-state index >= 15 is 0 Å². The van der Waals surface area contributed by atoms with Crippen molar-refractivity contribution >= 4 is 13.1 Å². The first-order valence-corrected chi connectivity index (χ1v) is 34.5. The van der Waals surface area contributed by atoms with E-state index in [0.717, 1.165) is 44.9 Å². The van der Waals surface area contributed by atoms with E-state index in [2.05, 4.69) is 302 Å². The lowest BCUT2D eigenvalue weighted by molar-refractivity contribution is 0.262. The Morgan fingerprint density at radius 1 is 0.356 bits per heavy atom. The second kappa shape index (κ2) is 27.0. The van der Waals surface area contributed by atoms with Crippen molar-refractivity contribution in [2.24, 2.45) is 11.8 Å². The largest absolute Gasteiger partial charge is 0.411 e. The van der Waals surface area contributed by atoms with Crippen LogP contribution in [0.3, 0.4) is 0 Å². The molecule has 4 fully saturated rings. The van der Waals surface area contributed by atoms with Gasteiger partial charge in [0.15, 0.2) is 0 Å². The Morgan fingerprint density at radius 2 is 0.656 bits per heavy atom. The zero-order valence-corrected chi connectivity index (χ0v) is 52.3. The van der Waals surface area contributed by atoms with Gasteiger partial charge in [0.25, 0.3) is 0 Å². The lowest BCUT2D eigenvalue weighted by Crippen LogP contribution is -2.39. The standard InChI is InChI=1S/C87H86BN2/c1-10-32-61(33-11-1)70-50-28-51-71(62-34-12-2-13-35-62)78(70)58-59-79(83-72(63-36-14-3-15-37-63)52-29-53-73(83)64-38-16-4-17-39-64)86-82(69-48-26-9-27-49-69)87-80(84-74(65-40-18-5-19-41-65)54-30-55-75(84)66-42-20-6-21-43-66)60-81(90(87)88-89-86)85-76(67-44-22-7-23-45-67)56-31-57-77(85)68-46-24-8-25-47-68/h1-27,32-49,59-60,70-78,83-85,89H,28-31,50-58H2/b79-59-. The Labute approximate surface area is 537 Å². The molecule has 90 heavy (non-hydrogen) atoms. The van der Waals surface area contributed by atoms with E-state index < -0.39 is 0 Å². The van der Waals surface area contributed by atoms with E-state index in [1.165, 1.54) is 122 Å². The highest BCUT2D eigenvalue weighted by Gasteiger charge is 2.47. The fraction of sp³-hybridized carbons (Fsp3) is 0.287. The van der Waals surface area contributed by atoms with Gasteiger partial charge in [0, 0.05) is 28.6 Å². The summed E-state index contributed by atoms with van der Waals surface area (Å²) in [6.45, 7) is 0. The molecule has 2 heterocycles. The van der Waals surface area contributed by atoms with Gasteiger partial charge in [0.1, 0.15) is 0 Å². The van der Waals surface area contributed by atoms with Crippen LogP contribution in [-0.2, 0) is 0 Å². The molecule has 447 valence electrons. The summed E-state index contributed by atoms with van der Waals surface area (Å²) in [6, 6.07) is 108. The van der Waals surface area contributed by atoms with Gasteiger partial charge in [0.05, 0.1) is 0 Å². The Bertz CT molecular complexity index is 3790. The molecule has 2 nitrogen and oxygen atoms in total. The zero-order chi connectivity index (χ0) is 60.0. The van der Waals surface area contributed by atoms with E-state index in [1.807, 2.05) is 0 Å². The summed E-state index contributed by atoms with van der Waals surface area (Å²) in [4.78, 5) is 0. The van der Waals surface area contributed by atoms with Crippen LogP contribution < -0.4 is 5.23 Å². The number of aromatic nitrogens is 1. The Balaban J connectivity index is 1.04. The van der Waals surface area contributed by atoms with Crippen LogP contribution in [0.1, 0.15) is 210 Å². The van der Waals surface area contributed by atoms with Crippen LogP contribution in [0, 0.1) is 11.8 Å². The van der Waals surface area contributed by atoms with Gasteiger partial charge in [-0.05, 0) is 190 Å². The van der Waals surface area contributed by atoms with Gasteiger partial charge >= 0.3 is 7.55 Å². The maximum absolute atomic E-state index is 4.48. The number of fused-ring (bicyclic) bond motifs is 1. The van der Waals surface area contributed by atoms with Crippen molar-refractivity contribution in [3.63, 3.8) is 0 Å². The molecule has 0 amide bonds. The number of allylic oxidation sites excluding steroid dienone is 2. The molecule has 9 aromatic carbocycles. The molecule has 0 saturated heterocycles. The quantitative estimate of drug-likeness (QED) is 0.101. The highest BCUT2D eigenvalue weighted by Crippen LogP contribution is 2.60. The number of hydrogen-bond donors (Lipinski definition) is 1. The monoisotopic (exact) mass is 1170 g/mol. The van der Waals surface area contributed by atoms with E-state index in [-0.39, 0.29) is 17.8 Å². The van der Waals surface area contributed by atoms with Crippen molar-refractivity contribution in [2.45, 2.75) is 143 Å².